The summed E-state index contributed by atoms with van der Waals surface area (Å²) >= 11 is 0. The van der Waals surface area contributed by atoms with Crippen LogP contribution >= 0.6 is 0 Å². The van der Waals surface area contributed by atoms with Gasteiger partial charge in [-0.1, -0.05) is 19.9 Å². The third-order valence-electron chi connectivity index (χ3n) is 2.40. The van der Waals surface area contributed by atoms with Gasteiger partial charge in [0.25, 0.3) is 0 Å². The molecule has 0 heterocycles. The first-order valence-corrected chi connectivity index (χ1v) is 7.22. The Morgan fingerprint density at radius 2 is 2.06 bits per heavy atom. The normalized spacial score (nSPS) is 13.8. The molecule has 0 aliphatic rings. The van der Waals surface area contributed by atoms with Crippen LogP contribution in [0.2, 0.25) is 0 Å². The van der Waals surface area contributed by atoms with E-state index < -0.39 is 21.9 Å². The summed E-state index contributed by atoms with van der Waals surface area (Å²) in [6.07, 6.45) is 0.519. The molecule has 102 valence electrons. The monoisotopic (exact) mass is 275 g/mol. The van der Waals surface area contributed by atoms with Gasteiger partial charge in [0.1, 0.15) is 5.82 Å². The summed E-state index contributed by atoms with van der Waals surface area (Å²) in [5, 5.41) is 9.14. The van der Waals surface area contributed by atoms with Crippen molar-refractivity contribution in [1.29, 1.82) is 0 Å². The largest absolute Gasteiger partial charge is 0.395 e. The lowest BCUT2D eigenvalue weighted by Gasteiger charge is -2.18. The minimum absolute atomic E-state index is 0.135. The van der Waals surface area contributed by atoms with Gasteiger partial charge in [0, 0.05) is 6.04 Å². The highest BCUT2D eigenvalue weighted by Crippen LogP contribution is 2.13. The zero-order chi connectivity index (χ0) is 13.8. The first kappa shape index (κ1) is 15.1. The number of halogens is 1. The molecule has 2 N–H and O–H groups in total. The molecule has 0 bridgehead atoms. The maximum Gasteiger partial charge on any atom is 0.241 e. The Morgan fingerprint density at radius 1 is 1.39 bits per heavy atom. The maximum absolute atomic E-state index is 13.0. The first-order valence-electron chi connectivity index (χ1n) is 5.74. The molecule has 1 rings (SSSR count). The van der Waals surface area contributed by atoms with Crippen molar-refractivity contribution in [3.8, 4) is 0 Å². The van der Waals surface area contributed by atoms with Crippen LogP contribution in [0.25, 0.3) is 0 Å². The number of nitrogens with one attached hydrogen (secondary N) is 1. The summed E-state index contributed by atoms with van der Waals surface area (Å²) in [5.41, 5.74) is 0. The fourth-order valence-electron chi connectivity index (χ4n) is 1.65. The van der Waals surface area contributed by atoms with E-state index in [9.17, 15) is 12.8 Å². The zero-order valence-corrected chi connectivity index (χ0v) is 11.2. The number of sulfonamides is 1. The number of hydrogen-bond acceptors (Lipinski definition) is 3. The lowest BCUT2D eigenvalue weighted by molar-refractivity contribution is 0.240. The SMILES string of the molecule is CC(C)C[C@H](CO)NS(=O)(=O)c1cccc(F)c1. The summed E-state index contributed by atoms with van der Waals surface area (Å²) in [4.78, 5) is -0.135. The number of hydrogen-bond donors (Lipinski definition) is 2. The van der Waals surface area contributed by atoms with E-state index in [1.807, 2.05) is 13.8 Å². The van der Waals surface area contributed by atoms with Crippen molar-refractivity contribution in [2.45, 2.75) is 31.2 Å². The molecule has 0 aromatic heterocycles. The van der Waals surface area contributed by atoms with E-state index in [0.29, 0.717) is 6.42 Å². The average Bonchev–Trinajstić information content (AvgIpc) is 2.27. The van der Waals surface area contributed by atoms with Crippen LogP contribution < -0.4 is 4.72 Å². The Morgan fingerprint density at radius 3 is 2.56 bits per heavy atom. The minimum Gasteiger partial charge on any atom is -0.395 e. The highest BCUT2D eigenvalue weighted by Gasteiger charge is 2.20. The Kier molecular flexibility index (Phi) is 5.25. The fourth-order valence-corrected chi connectivity index (χ4v) is 2.92. The lowest BCUT2D eigenvalue weighted by Crippen LogP contribution is -2.38. The average molecular weight is 275 g/mol. The van der Waals surface area contributed by atoms with Gasteiger partial charge in [0.05, 0.1) is 11.5 Å². The summed E-state index contributed by atoms with van der Waals surface area (Å²) in [6, 6.07) is 4.22. The second kappa shape index (κ2) is 6.26. The molecule has 4 nitrogen and oxygen atoms in total. The third kappa shape index (κ3) is 4.36. The molecular formula is C12H18FNO3S. The van der Waals surface area contributed by atoms with Crippen molar-refractivity contribution in [3.63, 3.8) is 0 Å². The molecule has 0 aliphatic carbocycles. The van der Waals surface area contributed by atoms with E-state index in [-0.39, 0.29) is 17.4 Å². The van der Waals surface area contributed by atoms with Crippen molar-refractivity contribution < 1.29 is 17.9 Å². The Hall–Kier alpha value is -0.980. The Labute approximate surface area is 107 Å². The second-order valence-corrected chi connectivity index (χ2v) is 6.30. The van der Waals surface area contributed by atoms with Crippen LogP contribution in [0.15, 0.2) is 29.2 Å². The molecule has 6 heteroatoms. The summed E-state index contributed by atoms with van der Waals surface area (Å²) in [6.45, 7) is 3.57. The van der Waals surface area contributed by atoms with Crippen molar-refractivity contribution in [3.05, 3.63) is 30.1 Å². The van der Waals surface area contributed by atoms with E-state index in [4.69, 9.17) is 5.11 Å². The topological polar surface area (TPSA) is 66.4 Å². The van der Waals surface area contributed by atoms with Crippen LogP contribution in [0, 0.1) is 11.7 Å². The van der Waals surface area contributed by atoms with Gasteiger partial charge < -0.3 is 5.11 Å². The lowest BCUT2D eigenvalue weighted by atomic mass is 10.1. The van der Waals surface area contributed by atoms with E-state index >= 15 is 0 Å². The molecule has 1 aromatic rings. The number of benzene rings is 1. The number of rotatable bonds is 6. The number of aliphatic hydroxyl groups is 1. The standard InChI is InChI=1S/C12H18FNO3S/c1-9(2)6-11(8-15)14-18(16,17)12-5-3-4-10(13)7-12/h3-5,7,9,11,14-15H,6,8H2,1-2H3/t11-/m1/s1. The van der Waals surface area contributed by atoms with Gasteiger partial charge in [-0.3, -0.25) is 0 Å². The van der Waals surface area contributed by atoms with E-state index in [1.165, 1.54) is 18.2 Å². The maximum atomic E-state index is 13.0. The van der Waals surface area contributed by atoms with Gasteiger partial charge >= 0.3 is 0 Å². The Bertz CT molecular complexity index is 488. The van der Waals surface area contributed by atoms with E-state index in [0.717, 1.165) is 6.07 Å². The molecule has 0 fully saturated rings. The predicted molar refractivity (Wildman–Crippen MR) is 67.1 cm³/mol. The van der Waals surface area contributed by atoms with Crippen molar-refractivity contribution in [2.75, 3.05) is 6.61 Å². The fraction of sp³-hybridized carbons (Fsp3) is 0.500. The van der Waals surface area contributed by atoms with Gasteiger partial charge in [-0.25, -0.2) is 17.5 Å². The highest BCUT2D eigenvalue weighted by atomic mass is 32.2. The molecule has 0 aliphatic heterocycles. The number of aliphatic hydroxyl groups excluding tert-OH is 1. The van der Waals surface area contributed by atoms with Gasteiger partial charge in [0.15, 0.2) is 0 Å². The van der Waals surface area contributed by atoms with Crippen molar-refractivity contribution in [1.82, 2.24) is 4.72 Å². The minimum atomic E-state index is -3.79. The van der Waals surface area contributed by atoms with E-state index in [2.05, 4.69) is 4.72 Å². The molecule has 1 atom stereocenters. The third-order valence-corrected chi connectivity index (χ3v) is 3.92. The summed E-state index contributed by atoms with van der Waals surface area (Å²) < 4.78 is 39.3. The molecule has 0 saturated carbocycles. The summed E-state index contributed by atoms with van der Waals surface area (Å²) in [7, 11) is -3.79. The van der Waals surface area contributed by atoms with Crippen LogP contribution in [0.5, 0.6) is 0 Å². The first-order chi connectivity index (χ1) is 8.35. The van der Waals surface area contributed by atoms with Crippen LogP contribution in [0.3, 0.4) is 0 Å². The summed E-state index contributed by atoms with van der Waals surface area (Å²) in [5.74, 6) is -0.361. The molecule has 0 radical (unpaired) electrons. The van der Waals surface area contributed by atoms with Gasteiger partial charge in [0.2, 0.25) is 10.0 Å². The smallest absolute Gasteiger partial charge is 0.241 e. The molecule has 0 saturated heterocycles. The molecule has 0 unspecified atom stereocenters. The highest BCUT2D eigenvalue weighted by molar-refractivity contribution is 7.89. The molecule has 18 heavy (non-hydrogen) atoms. The van der Waals surface area contributed by atoms with Crippen molar-refractivity contribution in [2.24, 2.45) is 5.92 Å². The van der Waals surface area contributed by atoms with Crippen LogP contribution in [-0.4, -0.2) is 26.2 Å². The van der Waals surface area contributed by atoms with Gasteiger partial charge in [-0.15, -0.1) is 0 Å². The zero-order valence-electron chi connectivity index (χ0n) is 10.4. The van der Waals surface area contributed by atoms with Crippen LogP contribution in [-0.2, 0) is 10.0 Å². The quantitative estimate of drug-likeness (QED) is 0.827. The molecular weight excluding hydrogens is 257 g/mol. The van der Waals surface area contributed by atoms with Crippen molar-refractivity contribution >= 4 is 10.0 Å². The molecule has 1 aromatic carbocycles. The van der Waals surface area contributed by atoms with Gasteiger partial charge in [-0.05, 0) is 30.5 Å². The Balaban J connectivity index is 2.87. The van der Waals surface area contributed by atoms with Crippen LogP contribution in [0.1, 0.15) is 20.3 Å². The molecule has 0 spiro atoms. The molecule has 0 amide bonds. The van der Waals surface area contributed by atoms with Crippen LogP contribution in [0.4, 0.5) is 4.39 Å². The second-order valence-electron chi connectivity index (χ2n) is 4.59. The van der Waals surface area contributed by atoms with E-state index in [1.54, 1.807) is 0 Å². The van der Waals surface area contributed by atoms with Gasteiger partial charge in [-0.2, -0.15) is 0 Å². The predicted octanol–water partition coefficient (Wildman–Crippen LogP) is 1.51.